The van der Waals surface area contributed by atoms with Crippen molar-refractivity contribution in [1.82, 2.24) is 9.88 Å². The van der Waals surface area contributed by atoms with Gasteiger partial charge in [0, 0.05) is 30.5 Å². The highest BCUT2D eigenvalue weighted by Gasteiger charge is 2.31. The number of hydrogen-bond donors (Lipinski definition) is 2. The Kier molecular flexibility index (Phi) is 16.2. The van der Waals surface area contributed by atoms with E-state index in [1.165, 1.54) is 28.7 Å². The molecule has 3 rings (SSSR count). The van der Waals surface area contributed by atoms with Gasteiger partial charge >= 0.3 is 12.1 Å². The van der Waals surface area contributed by atoms with Gasteiger partial charge in [-0.2, -0.15) is 0 Å². The number of amides is 2. The quantitative estimate of drug-likeness (QED) is 0.0989. The largest absolute Gasteiger partial charge is 0.493 e. The van der Waals surface area contributed by atoms with E-state index in [0.717, 1.165) is 30.7 Å². The summed E-state index contributed by atoms with van der Waals surface area (Å²) in [4.78, 5) is 44.2. The van der Waals surface area contributed by atoms with Crippen LogP contribution in [-0.4, -0.2) is 84.3 Å². The third kappa shape index (κ3) is 12.3. The molecule has 1 aromatic carbocycles. The van der Waals surface area contributed by atoms with Gasteiger partial charge < -0.3 is 29.0 Å². The van der Waals surface area contributed by atoms with Gasteiger partial charge in [0.1, 0.15) is 11.6 Å². The second kappa shape index (κ2) is 20.1. The lowest BCUT2D eigenvalue weighted by Crippen LogP contribution is -2.38. The van der Waals surface area contributed by atoms with Gasteiger partial charge in [-0.25, -0.2) is 9.78 Å². The fraction of sp³-hybridized carbons (Fsp3) is 0.562. The number of carbonyl (C=O) groups is 3. The van der Waals surface area contributed by atoms with E-state index in [2.05, 4.69) is 10.3 Å². The van der Waals surface area contributed by atoms with Crippen LogP contribution in [0.25, 0.3) is 0 Å². The standard InChI is InChI=1S/C32H45N3O8S2/c1-4-5-17-42-30(37)14-7-6-10-18-41-28-20-26(25(19-27(28)40-3)31(38)35-16-11-12-24(35)21-36)34-32(39)43-22-23(2)44-45-29-13-8-9-15-33-29/h8-9,13,15,19-20,23-24,36H,4-7,10-12,14,16-18,21-22H2,1-3H3,(H,34,39)/t23?,24-/m0/s1. The number of rotatable bonds is 19. The van der Waals surface area contributed by atoms with E-state index < -0.39 is 6.09 Å². The Morgan fingerprint density at radius 2 is 1.96 bits per heavy atom. The van der Waals surface area contributed by atoms with Crippen molar-refractivity contribution in [2.75, 3.05) is 45.4 Å². The first-order chi connectivity index (χ1) is 21.9. The summed E-state index contributed by atoms with van der Waals surface area (Å²) in [6.07, 6.45) is 6.86. The lowest BCUT2D eigenvalue weighted by molar-refractivity contribution is -0.143. The van der Waals surface area contributed by atoms with Crippen LogP contribution < -0.4 is 14.8 Å². The number of pyridine rings is 1. The molecule has 13 heteroatoms. The molecule has 0 radical (unpaired) electrons. The summed E-state index contributed by atoms with van der Waals surface area (Å²) in [5, 5.41) is 13.4. The lowest BCUT2D eigenvalue weighted by Gasteiger charge is -2.25. The molecule has 1 saturated heterocycles. The Morgan fingerprint density at radius 1 is 1.11 bits per heavy atom. The van der Waals surface area contributed by atoms with Crippen molar-refractivity contribution in [3.63, 3.8) is 0 Å². The molecule has 2 amide bonds. The minimum atomic E-state index is -0.707. The Balaban J connectivity index is 1.63. The highest BCUT2D eigenvalue weighted by atomic mass is 33.1. The molecule has 0 spiro atoms. The summed E-state index contributed by atoms with van der Waals surface area (Å²) in [6, 6.07) is 8.50. The maximum absolute atomic E-state index is 13.6. The highest BCUT2D eigenvalue weighted by molar-refractivity contribution is 8.76. The normalized spacial score (nSPS) is 14.9. The van der Waals surface area contributed by atoms with E-state index in [4.69, 9.17) is 18.9 Å². The van der Waals surface area contributed by atoms with Gasteiger partial charge in [0.25, 0.3) is 5.91 Å². The maximum Gasteiger partial charge on any atom is 0.411 e. The Bertz CT molecular complexity index is 1220. The molecule has 45 heavy (non-hydrogen) atoms. The second-order valence-corrected chi connectivity index (χ2v) is 13.3. The van der Waals surface area contributed by atoms with E-state index >= 15 is 0 Å². The van der Waals surface area contributed by atoms with Crippen LogP contribution in [0.1, 0.15) is 75.6 Å². The Hall–Kier alpha value is -3.16. The van der Waals surface area contributed by atoms with Gasteiger partial charge in [0.15, 0.2) is 11.5 Å². The fourth-order valence-electron chi connectivity index (χ4n) is 4.59. The van der Waals surface area contributed by atoms with Crippen molar-refractivity contribution >= 4 is 45.2 Å². The van der Waals surface area contributed by atoms with E-state index in [9.17, 15) is 19.5 Å². The van der Waals surface area contributed by atoms with E-state index in [-0.39, 0.29) is 47.6 Å². The molecule has 2 atom stereocenters. The zero-order valence-electron chi connectivity index (χ0n) is 26.3. The molecule has 1 aromatic heterocycles. The number of benzene rings is 1. The van der Waals surface area contributed by atoms with Gasteiger partial charge in [-0.3, -0.25) is 14.9 Å². The van der Waals surface area contributed by atoms with Crippen LogP contribution in [0.15, 0.2) is 41.6 Å². The third-order valence-electron chi connectivity index (χ3n) is 7.05. The number of aliphatic hydroxyl groups excluding tert-OH is 1. The number of nitrogens with one attached hydrogen (secondary N) is 1. The predicted molar refractivity (Wildman–Crippen MR) is 176 cm³/mol. The van der Waals surface area contributed by atoms with E-state index in [1.54, 1.807) is 23.2 Å². The summed E-state index contributed by atoms with van der Waals surface area (Å²) in [6.45, 7) is 5.30. The van der Waals surface area contributed by atoms with Gasteiger partial charge in [0.2, 0.25) is 0 Å². The number of unbranched alkanes of at least 4 members (excludes halogenated alkanes) is 3. The van der Waals surface area contributed by atoms with Crippen LogP contribution >= 0.6 is 21.6 Å². The van der Waals surface area contributed by atoms with Gasteiger partial charge in [-0.15, -0.1) is 0 Å². The molecule has 2 heterocycles. The van der Waals surface area contributed by atoms with Crippen molar-refractivity contribution in [3.8, 4) is 11.5 Å². The topological polar surface area (TPSA) is 137 Å². The minimum Gasteiger partial charge on any atom is -0.493 e. The Labute approximate surface area is 273 Å². The molecule has 2 N–H and O–H groups in total. The molecule has 0 aliphatic carbocycles. The second-order valence-electron chi connectivity index (χ2n) is 10.6. The first kappa shape index (κ1) is 36.3. The highest BCUT2D eigenvalue weighted by Crippen LogP contribution is 2.36. The number of esters is 1. The summed E-state index contributed by atoms with van der Waals surface area (Å²) < 4.78 is 22.2. The average molecular weight is 664 g/mol. The minimum absolute atomic E-state index is 0.0215. The summed E-state index contributed by atoms with van der Waals surface area (Å²) in [5.74, 6) is 0.190. The van der Waals surface area contributed by atoms with Crippen molar-refractivity contribution in [2.45, 2.75) is 81.5 Å². The number of hydrogen-bond acceptors (Lipinski definition) is 11. The fourth-order valence-corrected chi connectivity index (χ4v) is 6.46. The molecule has 1 aliphatic heterocycles. The molecule has 1 unspecified atom stereocenters. The van der Waals surface area contributed by atoms with Crippen LogP contribution in [0, 0.1) is 0 Å². The van der Waals surface area contributed by atoms with Crippen molar-refractivity contribution in [1.29, 1.82) is 0 Å². The first-order valence-electron chi connectivity index (χ1n) is 15.5. The van der Waals surface area contributed by atoms with Crippen molar-refractivity contribution in [3.05, 3.63) is 42.1 Å². The number of aromatic nitrogens is 1. The maximum atomic E-state index is 13.6. The van der Waals surface area contributed by atoms with E-state index in [1.807, 2.05) is 32.0 Å². The van der Waals surface area contributed by atoms with Gasteiger partial charge in [-0.05, 0) is 74.4 Å². The van der Waals surface area contributed by atoms with Crippen LogP contribution in [0.5, 0.6) is 11.5 Å². The van der Waals surface area contributed by atoms with Crippen molar-refractivity contribution in [2.24, 2.45) is 0 Å². The molecule has 0 bridgehead atoms. The predicted octanol–water partition coefficient (Wildman–Crippen LogP) is 6.35. The first-order valence-corrected chi connectivity index (χ1v) is 17.7. The number of aliphatic hydroxyl groups is 1. The average Bonchev–Trinajstić information content (AvgIpc) is 3.54. The number of nitrogens with zero attached hydrogens (tertiary/aromatic N) is 2. The number of methoxy groups -OCH3 is 1. The third-order valence-corrected chi connectivity index (χ3v) is 9.81. The number of anilines is 1. The van der Waals surface area contributed by atoms with Gasteiger partial charge in [-0.1, -0.05) is 30.2 Å². The SMILES string of the molecule is CCCCOC(=O)CCCCCOc1cc(NC(=O)OCC(C)SSc2ccccn2)c(C(=O)N2CCC[C@H]2CO)cc1OC. The molecular formula is C32H45N3O8S2. The zero-order chi connectivity index (χ0) is 32.4. The van der Waals surface area contributed by atoms with Gasteiger partial charge in [0.05, 0.1) is 44.2 Å². The number of likely N-dealkylation sites (tertiary alicyclic amines) is 1. The summed E-state index contributed by atoms with van der Waals surface area (Å²) >= 11 is 0. The number of ether oxygens (including phenoxy) is 4. The monoisotopic (exact) mass is 663 g/mol. The molecule has 2 aromatic rings. The van der Waals surface area contributed by atoms with Crippen LogP contribution in [-0.2, 0) is 14.3 Å². The summed E-state index contributed by atoms with van der Waals surface area (Å²) in [5.41, 5.74) is 0.439. The molecular weight excluding hydrogens is 618 g/mol. The van der Waals surface area contributed by atoms with Crippen LogP contribution in [0.4, 0.5) is 10.5 Å². The molecule has 1 fully saturated rings. The number of carbonyl (C=O) groups excluding carboxylic acids is 3. The molecule has 248 valence electrons. The van der Waals surface area contributed by atoms with Crippen LogP contribution in [0.2, 0.25) is 0 Å². The van der Waals surface area contributed by atoms with E-state index in [0.29, 0.717) is 56.9 Å². The Morgan fingerprint density at radius 3 is 2.69 bits per heavy atom. The van der Waals surface area contributed by atoms with Crippen LogP contribution in [0.3, 0.4) is 0 Å². The smallest absolute Gasteiger partial charge is 0.411 e. The molecule has 0 saturated carbocycles. The molecule has 11 nitrogen and oxygen atoms in total. The zero-order valence-corrected chi connectivity index (χ0v) is 28.0. The van der Waals surface area contributed by atoms with Crippen molar-refractivity contribution < 1.29 is 38.4 Å². The molecule has 1 aliphatic rings. The summed E-state index contributed by atoms with van der Waals surface area (Å²) in [7, 11) is 4.52. The lowest BCUT2D eigenvalue weighted by atomic mass is 10.1.